The number of aromatic nitrogens is 2. The van der Waals surface area contributed by atoms with Crippen LogP contribution in [0.25, 0.3) is 11.5 Å². The third-order valence-electron chi connectivity index (χ3n) is 4.20. The monoisotopic (exact) mass is 338 g/mol. The molecule has 0 aliphatic heterocycles. The summed E-state index contributed by atoms with van der Waals surface area (Å²) in [5, 5.41) is 4.00. The van der Waals surface area contributed by atoms with Crippen LogP contribution >= 0.6 is 0 Å². The van der Waals surface area contributed by atoms with Crippen LogP contribution in [0.3, 0.4) is 0 Å². The van der Waals surface area contributed by atoms with E-state index in [2.05, 4.69) is 10.1 Å². The molecule has 1 aliphatic rings. The Balaban J connectivity index is 2.02. The summed E-state index contributed by atoms with van der Waals surface area (Å²) < 4.78 is 39.7. The minimum Gasteiger partial charge on any atom is -0.495 e. The quantitative estimate of drug-likeness (QED) is 0.825. The summed E-state index contributed by atoms with van der Waals surface area (Å²) in [5.41, 5.74) is 0.0454. The molecule has 0 bridgehead atoms. The lowest BCUT2D eigenvalue weighted by atomic mass is 9.79. The first-order chi connectivity index (χ1) is 10.9. The molecule has 1 saturated carbocycles. The molecule has 0 N–H and O–H groups in total. The topological polar surface area (TPSA) is 91.5 Å². The second-order valence-electron chi connectivity index (χ2n) is 5.61. The first-order valence-corrected chi connectivity index (χ1v) is 9.06. The van der Waals surface area contributed by atoms with Crippen molar-refractivity contribution in [2.24, 2.45) is 0 Å². The minimum atomic E-state index is -3.44. The van der Waals surface area contributed by atoms with E-state index in [9.17, 15) is 8.42 Å². The standard InChI is InChI=1S/C15H18N2O5S/c1-20-11-6-5-10(9-12(11)23(3,18)19)13-16-14(17-22-13)15(21-2)7-4-8-15/h5-6,9H,4,7-8H2,1-3H3. The number of methoxy groups -OCH3 is 2. The molecule has 1 aromatic heterocycles. The Bertz CT molecular complexity index is 819. The summed E-state index contributed by atoms with van der Waals surface area (Å²) >= 11 is 0. The van der Waals surface area contributed by atoms with Crippen LogP contribution in [0, 0.1) is 0 Å². The fourth-order valence-corrected chi connectivity index (χ4v) is 3.50. The van der Waals surface area contributed by atoms with E-state index in [4.69, 9.17) is 14.0 Å². The van der Waals surface area contributed by atoms with E-state index < -0.39 is 15.4 Å². The highest BCUT2D eigenvalue weighted by atomic mass is 32.2. The van der Waals surface area contributed by atoms with Crippen LogP contribution in [0.5, 0.6) is 5.75 Å². The molecule has 7 nitrogen and oxygen atoms in total. The van der Waals surface area contributed by atoms with Crippen LogP contribution < -0.4 is 4.74 Å². The summed E-state index contributed by atoms with van der Waals surface area (Å²) in [6.07, 6.45) is 3.87. The molecule has 0 radical (unpaired) electrons. The van der Waals surface area contributed by atoms with Crippen molar-refractivity contribution in [2.75, 3.05) is 20.5 Å². The van der Waals surface area contributed by atoms with Gasteiger partial charge < -0.3 is 14.0 Å². The van der Waals surface area contributed by atoms with Gasteiger partial charge in [0.1, 0.15) is 16.2 Å². The highest BCUT2D eigenvalue weighted by Crippen LogP contribution is 2.43. The van der Waals surface area contributed by atoms with Crippen molar-refractivity contribution in [3.05, 3.63) is 24.0 Å². The molecule has 8 heteroatoms. The van der Waals surface area contributed by atoms with Crippen molar-refractivity contribution in [2.45, 2.75) is 29.8 Å². The molecule has 1 heterocycles. The Morgan fingerprint density at radius 2 is 2.00 bits per heavy atom. The third-order valence-corrected chi connectivity index (χ3v) is 5.31. The van der Waals surface area contributed by atoms with E-state index in [1.165, 1.54) is 13.2 Å². The van der Waals surface area contributed by atoms with Gasteiger partial charge in [-0.25, -0.2) is 8.42 Å². The van der Waals surface area contributed by atoms with Crippen molar-refractivity contribution >= 4 is 9.84 Å². The molecule has 1 aromatic carbocycles. The first-order valence-electron chi connectivity index (χ1n) is 7.17. The number of hydrogen-bond donors (Lipinski definition) is 0. The van der Waals surface area contributed by atoms with E-state index in [0.29, 0.717) is 11.4 Å². The van der Waals surface area contributed by atoms with Gasteiger partial charge in [-0.05, 0) is 37.5 Å². The molecule has 1 aliphatic carbocycles. The van der Waals surface area contributed by atoms with E-state index in [-0.39, 0.29) is 16.5 Å². The number of rotatable bonds is 5. The van der Waals surface area contributed by atoms with E-state index in [1.807, 2.05) is 0 Å². The Kier molecular flexibility index (Phi) is 3.89. The Morgan fingerprint density at radius 3 is 2.52 bits per heavy atom. The van der Waals surface area contributed by atoms with Crippen LogP contribution in [0.15, 0.2) is 27.6 Å². The second kappa shape index (κ2) is 5.61. The average molecular weight is 338 g/mol. The maximum atomic E-state index is 11.9. The molecule has 1 fully saturated rings. The lowest BCUT2D eigenvalue weighted by molar-refractivity contribution is -0.0858. The third kappa shape index (κ3) is 2.72. The molecule has 0 unspecified atom stereocenters. The van der Waals surface area contributed by atoms with Gasteiger partial charge in [-0.3, -0.25) is 0 Å². The Morgan fingerprint density at radius 1 is 1.26 bits per heavy atom. The number of sulfone groups is 1. The molecule has 0 saturated heterocycles. The van der Waals surface area contributed by atoms with Gasteiger partial charge in [0.15, 0.2) is 9.84 Å². The maximum absolute atomic E-state index is 11.9. The summed E-state index contributed by atoms with van der Waals surface area (Å²) in [6, 6.07) is 4.74. The molecule has 3 rings (SSSR count). The van der Waals surface area contributed by atoms with Gasteiger partial charge in [0.25, 0.3) is 5.89 Å². The number of ether oxygens (including phenoxy) is 2. The van der Waals surface area contributed by atoms with Gasteiger partial charge in [0.05, 0.1) is 7.11 Å². The fraction of sp³-hybridized carbons (Fsp3) is 0.467. The molecule has 23 heavy (non-hydrogen) atoms. The molecular weight excluding hydrogens is 320 g/mol. The molecule has 2 aromatic rings. The van der Waals surface area contributed by atoms with Crippen molar-refractivity contribution in [3.8, 4) is 17.2 Å². The van der Waals surface area contributed by atoms with E-state index in [0.717, 1.165) is 25.5 Å². The van der Waals surface area contributed by atoms with Crippen LogP contribution in [0.4, 0.5) is 0 Å². The molecular formula is C15H18N2O5S. The van der Waals surface area contributed by atoms with Crippen molar-refractivity contribution in [1.82, 2.24) is 10.1 Å². The zero-order valence-corrected chi connectivity index (χ0v) is 14.0. The summed E-state index contributed by atoms with van der Waals surface area (Å²) in [7, 11) is -0.382. The van der Waals surface area contributed by atoms with Gasteiger partial charge in [-0.15, -0.1) is 0 Å². The van der Waals surface area contributed by atoms with Crippen LogP contribution in [-0.2, 0) is 20.2 Å². The maximum Gasteiger partial charge on any atom is 0.258 e. The summed E-state index contributed by atoms with van der Waals surface area (Å²) in [5.74, 6) is 1.04. The SMILES string of the molecule is COc1ccc(-c2nc(C3(OC)CCC3)no2)cc1S(C)(=O)=O. The summed E-state index contributed by atoms with van der Waals surface area (Å²) in [6.45, 7) is 0. The van der Waals surface area contributed by atoms with Gasteiger partial charge in [-0.1, -0.05) is 5.16 Å². The van der Waals surface area contributed by atoms with E-state index in [1.54, 1.807) is 19.2 Å². The Labute approximate surface area is 134 Å². The second-order valence-corrected chi connectivity index (χ2v) is 7.60. The van der Waals surface area contributed by atoms with Gasteiger partial charge in [0.2, 0.25) is 5.82 Å². The largest absolute Gasteiger partial charge is 0.495 e. The molecule has 0 spiro atoms. The smallest absolute Gasteiger partial charge is 0.258 e. The van der Waals surface area contributed by atoms with Crippen molar-refractivity contribution < 1.29 is 22.4 Å². The van der Waals surface area contributed by atoms with Gasteiger partial charge in [-0.2, -0.15) is 4.98 Å². The van der Waals surface area contributed by atoms with Gasteiger partial charge >= 0.3 is 0 Å². The van der Waals surface area contributed by atoms with Gasteiger partial charge in [0, 0.05) is 18.9 Å². The van der Waals surface area contributed by atoms with Crippen molar-refractivity contribution in [1.29, 1.82) is 0 Å². The zero-order chi connectivity index (χ0) is 16.7. The molecule has 0 amide bonds. The van der Waals surface area contributed by atoms with Crippen molar-refractivity contribution in [3.63, 3.8) is 0 Å². The number of benzene rings is 1. The van der Waals surface area contributed by atoms with Crippen LogP contribution in [0.2, 0.25) is 0 Å². The Hall–Kier alpha value is -1.93. The number of nitrogens with zero attached hydrogens (tertiary/aromatic N) is 2. The van der Waals surface area contributed by atoms with Crippen LogP contribution in [-0.4, -0.2) is 39.0 Å². The van der Waals surface area contributed by atoms with Crippen LogP contribution in [0.1, 0.15) is 25.1 Å². The predicted octanol–water partition coefficient (Wildman–Crippen LogP) is 2.17. The summed E-state index contributed by atoms with van der Waals surface area (Å²) in [4.78, 5) is 4.47. The zero-order valence-electron chi connectivity index (χ0n) is 13.2. The number of hydrogen-bond acceptors (Lipinski definition) is 7. The highest BCUT2D eigenvalue weighted by Gasteiger charge is 2.43. The fourth-order valence-electron chi connectivity index (χ4n) is 2.64. The molecule has 124 valence electrons. The van der Waals surface area contributed by atoms with E-state index >= 15 is 0 Å². The molecule has 0 atom stereocenters. The lowest BCUT2D eigenvalue weighted by Gasteiger charge is -2.37. The predicted molar refractivity (Wildman–Crippen MR) is 81.9 cm³/mol. The minimum absolute atomic E-state index is 0.0855. The normalized spacial score (nSPS) is 16.8. The first kappa shape index (κ1) is 15.9. The lowest BCUT2D eigenvalue weighted by Crippen LogP contribution is -2.37. The highest BCUT2D eigenvalue weighted by molar-refractivity contribution is 7.90. The average Bonchev–Trinajstić information content (AvgIpc) is 2.95.